The van der Waals surface area contributed by atoms with E-state index in [9.17, 15) is 0 Å². The van der Waals surface area contributed by atoms with E-state index in [-0.39, 0.29) is 0 Å². The minimum atomic E-state index is 0.367. The molecule has 15 heavy (non-hydrogen) atoms. The lowest BCUT2D eigenvalue weighted by molar-refractivity contribution is 0.0184. The minimum Gasteiger partial charge on any atom is -0.497 e. The van der Waals surface area contributed by atoms with Gasteiger partial charge in [0.25, 0.3) is 0 Å². The highest BCUT2D eigenvalue weighted by molar-refractivity contribution is 5.39. The molecule has 1 N–H and O–H groups in total. The van der Waals surface area contributed by atoms with Crippen molar-refractivity contribution in [2.24, 2.45) is 0 Å². The number of nitrogens with one attached hydrogen (secondary N) is 1. The summed E-state index contributed by atoms with van der Waals surface area (Å²) in [5, 5.41) is 3.49. The minimum absolute atomic E-state index is 0.367. The first-order chi connectivity index (χ1) is 7.38. The molecule has 0 amide bonds. The summed E-state index contributed by atoms with van der Waals surface area (Å²) in [4.78, 5) is 0. The van der Waals surface area contributed by atoms with Crippen LogP contribution in [0.5, 0.6) is 5.75 Å². The van der Waals surface area contributed by atoms with Gasteiger partial charge in [0, 0.05) is 0 Å². The van der Waals surface area contributed by atoms with Crippen LogP contribution < -0.4 is 10.1 Å². The summed E-state index contributed by atoms with van der Waals surface area (Å²) < 4.78 is 11.0. The molecule has 1 unspecified atom stereocenters. The topological polar surface area (TPSA) is 30.5 Å². The van der Waals surface area contributed by atoms with Crippen LogP contribution in [0.15, 0.2) is 18.2 Å². The van der Waals surface area contributed by atoms with Crippen molar-refractivity contribution >= 4 is 0 Å². The number of fused-ring (bicyclic) bond motifs is 3. The first-order valence-corrected chi connectivity index (χ1v) is 5.40. The zero-order valence-electron chi connectivity index (χ0n) is 8.82. The summed E-state index contributed by atoms with van der Waals surface area (Å²) in [5.74, 6) is 0.911. The second-order valence-corrected chi connectivity index (χ2v) is 4.13. The Morgan fingerprint density at radius 2 is 2.40 bits per heavy atom. The molecule has 0 saturated carbocycles. The standard InChI is InChI=1S/C12H15NO2/c1-14-9-2-3-10-8(6-9)7-15-11-4-5-13-12(10)11/h2-3,6,11-13H,4-5,7H2,1H3/t11?,12-/m0/s1. The summed E-state index contributed by atoms with van der Waals surface area (Å²) in [7, 11) is 1.70. The molecule has 1 aromatic rings. The van der Waals surface area contributed by atoms with E-state index in [1.165, 1.54) is 11.1 Å². The molecule has 2 aliphatic rings. The number of hydrogen-bond donors (Lipinski definition) is 1. The van der Waals surface area contributed by atoms with Gasteiger partial charge in [0.2, 0.25) is 0 Å². The Labute approximate surface area is 89.4 Å². The average Bonchev–Trinajstić information content (AvgIpc) is 2.76. The molecule has 2 atom stereocenters. The number of hydrogen-bond acceptors (Lipinski definition) is 3. The van der Waals surface area contributed by atoms with Gasteiger partial charge in [-0.3, -0.25) is 0 Å². The molecule has 80 valence electrons. The van der Waals surface area contributed by atoms with Crippen molar-refractivity contribution in [1.82, 2.24) is 5.32 Å². The van der Waals surface area contributed by atoms with Gasteiger partial charge in [0.15, 0.2) is 0 Å². The highest BCUT2D eigenvalue weighted by Gasteiger charge is 2.33. The molecule has 2 heterocycles. The third-order valence-electron chi connectivity index (χ3n) is 3.30. The Bertz CT molecular complexity index is 378. The summed E-state index contributed by atoms with van der Waals surface area (Å²) in [5.41, 5.74) is 2.63. The van der Waals surface area contributed by atoms with Gasteiger partial charge in [-0.2, -0.15) is 0 Å². The van der Waals surface area contributed by atoms with Gasteiger partial charge < -0.3 is 14.8 Å². The molecule has 0 aromatic heterocycles. The summed E-state index contributed by atoms with van der Waals surface area (Å²) in [6.07, 6.45) is 1.49. The third kappa shape index (κ3) is 1.43. The predicted molar refractivity (Wildman–Crippen MR) is 56.9 cm³/mol. The molecule has 3 rings (SSSR count). The van der Waals surface area contributed by atoms with E-state index in [2.05, 4.69) is 17.4 Å². The second kappa shape index (κ2) is 3.51. The zero-order valence-corrected chi connectivity index (χ0v) is 8.82. The Kier molecular flexibility index (Phi) is 2.15. The zero-order chi connectivity index (χ0) is 10.3. The van der Waals surface area contributed by atoms with E-state index in [4.69, 9.17) is 9.47 Å². The summed E-state index contributed by atoms with van der Waals surface area (Å²) in [6.45, 7) is 1.77. The van der Waals surface area contributed by atoms with Crippen LogP contribution >= 0.6 is 0 Å². The van der Waals surface area contributed by atoms with Crippen LogP contribution in [0, 0.1) is 0 Å². The van der Waals surface area contributed by atoms with Crippen molar-refractivity contribution in [2.45, 2.75) is 25.2 Å². The number of rotatable bonds is 1. The Balaban J connectivity index is 2.00. The predicted octanol–water partition coefficient (Wildman–Crippen LogP) is 1.63. The highest BCUT2D eigenvalue weighted by Crippen LogP contribution is 2.35. The van der Waals surface area contributed by atoms with Crippen LogP contribution in [0.4, 0.5) is 0 Å². The molecular formula is C12H15NO2. The fourth-order valence-corrected chi connectivity index (χ4v) is 2.50. The van der Waals surface area contributed by atoms with Crippen LogP contribution in [-0.4, -0.2) is 19.8 Å². The normalized spacial score (nSPS) is 28.3. The van der Waals surface area contributed by atoms with Crippen molar-refractivity contribution in [2.75, 3.05) is 13.7 Å². The van der Waals surface area contributed by atoms with Gasteiger partial charge in [0.05, 0.1) is 25.9 Å². The fraction of sp³-hybridized carbons (Fsp3) is 0.500. The van der Waals surface area contributed by atoms with Crippen LogP contribution in [-0.2, 0) is 11.3 Å². The largest absolute Gasteiger partial charge is 0.497 e. The van der Waals surface area contributed by atoms with E-state index in [1.807, 2.05) is 6.07 Å². The van der Waals surface area contributed by atoms with Crippen molar-refractivity contribution < 1.29 is 9.47 Å². The van der Waals surface area contributed by atoms with Crippen LogP contribution in [0.2, 0.25) is 0 Å². The van der Waals surface area contributed by atoms with E-state index in [1.54, 1.807) is 7.11 Å². The quantitative estimate of drug-likeness (QED) is 0.756. The molecule has 3 heteroatoms. The molecule has 2 aliphatic heterocycles. The van der Waals surface area contributed by atoms with E-state index in [0.29, 0.717) is 12.1 Å². The molecule has 0 spiro atoms. The first kappa shape index (κ1) is 9.19. The monoisotopic (exact) mass is 205 g/mol. The lowest BCUT2D eigenvalue weighted by Crippen LogP contribution is -2.28. The van der Waals surface area contributed by atoms with Crippen LogP contribution in [0.25, 0.3) is 0 Å². The van der Waals surface area contributed by atoms with Gasteiger partial charge >= 0.3 is 0 Å². The molecule has 1 fully saturated rings. The molecule has 0 radical (unpaired) electrons. The average molecular weight is 205 g/mol. The Morgan fingerprint density at radius 3 is 3.27 bits per heavy atom. The Hall–Kier alpha value is -1.06. The van der Waals surface area contributed by atoms with Crippen molar-refractivity contribution in [3.8, 4) is 5.75 Å². The highest BCUT2D eigenvalue weighted by atomic mass is 16.5. The number of methoxy groups -OCH3 is 1. The smallest absolute Gasteiger partial charge is 0.119 e. The molecular weight excluding hydrogens is 190 g/mol. The second-order valence-electron chi connectivity index (χ2n) is 4.13. The van der Waals surface area contributed by atoms with Gasteiger partial charge in [-0.05, 0) is 36.2 Å². The maximum Gasteiger partial charge on any atom is 0.119 e. The van der Waals surface area contributed by atoms with Gasteiger partial charge in [-0.1, -0.05) is 6.07 Å². The maximum atomic E-state index is 5.81. The van der Waals surface area contributed by atoms with Crippen LogP contribution in [0.1, 0.15) is 23.6 Å². The molecule has 1 aromatic carbocycles. The van der Waals surface area contributed by atoms with E-state index >= 15 is 0 Å². The summed E-state index contributed by atoms with van der Waals surface area (Å²) >= 11 is 0. The van der Waals surface area contributed by atoms with Crippen molar-refractivity contribution in [1.29, 1.82) is 0 Å². The van der Waals surface area contributed by atoms with Gasteiger partial charge in [-0.15, -0.1) is 0 Å². The number of ether oxygens (including phenoxy) is 2. The van der Waals surface area contributed by atoms with E-state index < -0.39 is 0 Å². The molecule has 3 nitrogen and oxygen atoms in total. The van der Waals surface area contributed by atoms with E-state index in [0.717, 1.165) is 25.3 Å². The SMILES string of the molecule is COc1ccc2c(c1)COC1CCN[C@@H]21. The first-order valence-electron chi connectivity index (χ1n) is 5.40. The third-order valence-corrected chi connectivity index (χ3v) is 3.30. The fourth-order valence-electron chi connectivity index (χ4n) is 2.50. The molecule has 1 saturated heterocycles. The van der Waals surface area contributed by atoms with Crippen molar-refractivity contribution in [3.63, 3.8) is 0 Å². The maximum absolute atomic E-state index is 5.81. The molecule has 0 bridgehead atoms. The lowest BCUT2D eigenvalue weighted by atomic mass is 9.95. The lowest BCUT2D eigenvalue weighted by Gasteiger charge is -2.28. The van der Waals surface area contributed by atoms with Crippen molar-refractivity contribution in [3.05, 3.63) is 29.3 Å². The molecule has 0 aliphatic carbocycles. The number of benzene rings is 1. The summed E-state index contributed by atoms with van der Waals surface area (Å²) in [6, 6.07) is 6.65. The van der Waals surface area contributed by atoms with Gasteiger partial charge in [0.1, 0.15) is 5.75 Å². The van der Waals surface area contributed by atoms with Crippen LogP contribution in [0.3, 0.4) is 0 Å². The van der Waals surface area contributed by atoms with Gasteiger partial charge in [-0.25, -0.2) is 0 Å². The Morgan fingerprint density at radius 1 is 1.47 bits per heavy atom.